The van der Waals surface area contributed by atoms with Gasteiger partial charge < -0.3 is 10.2 Å². The van der Waals surface area contributed by atoms with E-state index in [0.29, 0.717) is 5.82 Å². The van der Waals surface area contributed by atoms with Gasteiger partial charge in [0.15, 0.2) is 11.5 Å². The molecule has 1 saturated carbocycles. The van der Waals surface area contributed by atoms with Crippen molar-refractivity contribution in [3.8, 4) is 0 Å². The maximum Gasteiger partial charge on any atom is 0.198 e. The lowest BCUT2D eigenvalue weighted by molar-refractivity contribution is 0.248. The fourth-order valence-corrected chi connectivity index (χ4v) is 3.59. The van der Waals surface area contributed by atoms with Crippen molar-refractivity contribution in [2.45, 2.75) is 12.8 Å². The molecule has 1 aliphatic heterocycles. The van der Waals surface area contributed by atoms with Crippen LogP contribution in [0.5, 0.6) is 0 Å². The van der Waals surface area contributed by atoms with Gasteiger partial charge in [-0.05, 0) is 43.0 Å². The highest BCUT2D eigenvalue weighted by atomic mass is 15.3. The van der Waals surface area contributed by atoms with Crippen LogP contribution in [0.3, 0.4) is 0 Å². The zero-order chi connectivity index (χ0) is 17.3. The third-order valence-electron chi connectivity index (χ3n) is 5.28. The summed E-state index contributed by atoms with van der Waals surface area (Å²) in [5, 5.41) is 7.48. The number of aromatic nitrogens is 4. The van der Waals surface area contributed by atoms with Gasteiger partial charge in [-0.25, -0.2) is 14.5 Å². The number of fused-ring (bicyclic) bond motifs is 1. The van der Waals surface area contributed by atoms with Gasteiger partial charge >= 0.3 is 0 Å². The van der Waals surface area contributed by atoms with E-state index in [2.05, 4.69) is 54.4 Å². The van der Waals surface area contributed by atoms with Gasteiger partial charge in [0, 0.05) is 56.5 Å². The predicted molar refractivity (Wildman–Crippen MR) is 102 cm³/mol. The molecule has 1 N–H and O–H groups in total. The van der Waals surface area contributed by atoms with Crippen molar-refractivity contribution in [2.75, 3.05) is 42.9 Å². The summed E-state index contributed by atoms with van der Waals surface area (Å²) in [5.74, 6) is 1.70. The molecule has 0 atom stereocenters. The molecule has 0 spiro atoms. The molecular formula is C19H23N7. The van der Waals surface area contributed by atoms with Gasteiger partial charge in [-0.15, -0.1) is 0 Å². The molecule has 3 aromatic rings. The van der Waals surface area contributed by atoms with Crippen molar-refractivity contribution in [2.24, 2.45) is 5.92 Å². The molecule has 5 rings (SSSR count). The Balaban J connectivity index is 1.24. The Hall–Kier alpha value is -2.67. The second-order valence-electron chi connectivity index (χ2n) is 7.21. The topological polar surface area (TPSA) is 61.6 Å². The number of benzene rings is 1. The van der Waals surface area contributed by atoms with Gasteiger partial charge in [-0.2, -0.15) is 5.10 Å². The van der Waals surface area contributed by atoms with Gasteiger partial charge in [0.1, 0.15) is 6.33 Å². The third-order valence-corrected chi connectivity index (χ3v) is 5.28. The van der Waals surface area contributed by atoms with Crippen molar-refractivity contribution in [3.05, 3.63) is 43.0 Å². The van der Waals surface area contributed by atoms with Crippen LogP contribution < -0.4 is 10.2 Å². The molecule has 2 aromatic heterocycles. The molecule has 1 saturated heterocycles. The molecular weight excluding hydrogens is 326 g/mol. The van der Waals surface area contributed by atoms with Gasteiger partial charge in [0.05, 0.1) is 0 Å². The number of hydrogen-bond acceptors (Lipinski definition) is 6. The average molecular weight is 349 g/mol. The average Bonchev–Trinajstić information content (AvgIpc) is 3.36. The van der Waals surface area contributed by atoms with Crippen LogP contribution in [0.4, 0.5) is 17.2 Å². The molecule has 0 unspecified atom stereocenters. The molecule has 0 amide bonds. The zero-order valence-corrected chi connectivity index (χ0v) is 14.8. The first-order valence-electron chi connectivity index (χ1n) is 9.34. The smallest absolute Gasteiger partial charge is 0.198 e. The van der Waals surface area contributed by atoms with E-state index in [-0.39, 0.29) is 0 Å². The zero-order valence-electron chi connectivity index (χ0n) is 14.8. The summed E-state index contributed by atoms with van der Waals surface area (Å²) in [6.45, 7) is 5.88. The Morgan fingerprint density at radius 3 is 2.58 bits per heavy atom. The maximum atomic E-state index is 4.37. The maximum absolute atomic E-state index is 4.37. The molecule has 2 aliphatic rings. The van der Waals surface area contributed by atoms with Crippen molar-refractivity contribution < 1.29 is 0 Å². The van der Waals surface area contributed by atoms with E-state index >= 15 is 0 Å². The number of nitrogens with one attached hydrogen (secondary N) is 1. The minimum absolute atomic E-state index is 0.714. The summed E-state index contributed by atoms with van der Waals surface area (Å²) >= 11 is 0. The molecule has 7 nitrogen and oxygen atoms in total. The molecule has 3 heterocycles. The van der Waals surface area contributed by atoms with Gasteiger partial charge in [0.2, 0.25) is 0 Å². The molecule has 1 aliphatic carbocycles. The minimum atomic E-state index is 0.714. The lowest BCUT2D eigenvalue weighted by atomic mass is 10.2. The molecule has 1 aromatic carbocycles. The van der Waals surface area contributed by atoms with Crippen LogP contribution in [-0.2, 0) is 0 Å². The normalized spacial score (nSPS) is 18.4. The number of piperazine rings is 1. The number of rotatable bonds is 5. The van der Waals surface area contributed by atoms with Gasteiger partial charge in [0.25, 0.3) is 0 Å². The number of hydrogen-bond donors (Lipinski definition) is 1. The van der Waals surface area contributed by atoms with E-state index in [1.165, 1.54) is 44.5 Å². The Morgan fingerprint density at radius 1 is 1.00 bits per heavy atom. The van der Waals surface area contributed by atoms with Crippen molar-refractivity contribution >= 4 is 22.8 Å². The van der Waals surface area contributed by atoms with Crippen molar-refractivity contribution in [3.63, 3.8) is 0 Å². The van der Waals surface area contributed by atoms with Crippen molar-refractivity contribution in [1.82, 2.24) is 24.5 Å². The van der Waals surface area contributed by atoms with Crippen LogP contribution in [0.25, 0.3) is 5.65 Å². The molecule has 7 heteroatoms. The van der Waals surface area contributed by atoms with E-state index in [1.54, 1.807) is 16.9 Å². The summed E-state index contributed by atoms with van der Waals surface area (Å²) < 4.78 is 1.71. The van der Waals surface area contributed by atoms with Crippen LogP contribution in [0.15, 0.2) is 43.0 Å². The Morgan fingerprint density at radius 2 is 1.81 bits per heavy atom. The molecule has 2 fully saturated rings. The summed E-state index contributed by atoms with van der Waals surface area (Å²) in [7, 11) is 0. The van der Waals surface area contributed by atoms with Crippen LogP contribution >= 0.6 is 0 Å². The number of anilines is 3. The Bertz CT molecular complexity index is 876. The fraction of sp³-hybridized carbons (Fsp3) is 0.421. The summed E-state index contributed by atoms with van der Waals surface area (Å²) in [5.41, 5.74) is 3.02. The first-order chi connectivity index (χ1) is 12.8. The molecule has 26 heavy (non-hydrogen) atoms. The summed E-state index contributed by atoms with van der Waals surface area (Å²) in [6.07, 6.45) is 7.92. The summed E-state index contributed by atoms with van der Waals surface area (Å²) in [6, 6.07) is 8.58. The highest BCUT2D eigenvalue weighted by molar-refractivity contribution is 5.70. The quantitative estimate of drug-likeness (QED) is 0.763. The van der Waals surface area contributed by atoms with E-state index in [9.17, 15) is 0 Å². The standard InChI is InChI=1S/C19H23N7/c1-2-15(1)13-24-9-11-25(12-10-24)17-5-3-16(4-6-17)23-18-19-21-14-22-26(19)8-7-20-18/h3-8,14-15H,1-2,9-13H2,(H,20,23). The van der Waals surface area contributed by atoms with E-state index in [0.717, 1.165) is 30.3 Å². The lowest BCUT2D eigenvalue weighted by Gasteiger charge is -2.36. The van der Waals surface area contributed by atoms with Gasteiger partial charge in [-0.3, -0.25) is 4.90 Å². The van der Waals surface area contributed by atoms with Crippen LogP contribution in [-0.4, -0.2) is 57.2 Å². The number of nitrogens with zero attached hydrogens (tertiary/aromatic N) is 6. The second kappa shape index (κ2) is 6.57. The van der Waals surface area contributed by atoms with E-state index < -0.39 is 0 Å². The van der Waals surface area contributed by atoms with E-state index in [1.807, 2.05) is 0 Å². The first kappa shape index (κ1) is 15.6. The third kappa shape index (κ3) is 3.22. The monoisotopic (exact) mass is 349 g/mol. The second-order valence-corrected chi connectivity index (χ2v) is 7.21. The Kier molecular flexibility index (Phi) is 3.93. The van der Waals surface area contributed by atoms with Crippen LogP contribution in [0.2, 0.25) is 0 Å². The SMILES string of the molecule is c1cn2ncnc2c(Nc2ccc(N3CCN(CC4CC4)CC3)cc2)n1. The molecule has 0 radical (unpaired) electrons. The lowest BCUT2D eigenvalue weighted by Crippen LogP contribution is -2.47. The summed E-state index contributed by atoms with van der Waals surface area (Å²) in [4.78, 5) is 13.7. The minimum Gasteiger partial charge on any atom is -0.369 e. The van der Waals surface area contributed by atoms with Gasteiger partial charge in [-0.1, -0.05) is 0 Å². The van der Waals surface area contributed by atoms with Crippen LogP contribution in [0, 0.1) is 5.92 Å². The van der Waals surface area contributed by atoms with Crippen LogP contribution in [0.1, 0.15) is 12.8 Å². The van der Waals surface area contributed by atoms with Crippen molar-refractivity contribution in [1.29, 1.82) is 0 Å². The first-order valence-corrected chi connectivity index (χ1v) is 9.34. The molecule has 134 valence electrons. The predicted octanol–water partition coefficient (Wildman–Crippen LogP) is 2.40. The Labute approximate surface area is 152 Å². The highest BCUT2D eigenvalue weighted by Crippen LogP contribution is 2.30. The largest absolute Gasteiger partial charge is 0.369 e. The highest BCUT2D eigenvalue weighted by Gasteiger charge is 2.26. The molecule has 0 bridgehead atoms. The van der Waals surface area contributed by atoms with E-state index in [4.69, 9.17) is 0 Å². The fourth-order valence-electron chi connectivity index (χ4n) is 3.59.